The van der Waals surface area contributed by atoms with Crippen LogP contribution >= 0.6 is 0 Å². The highest BCUT2D eigenvalue weighted by Crippen LogP contribution is 2.25. The van der Waals surface area contributed by atoms with Crippen LogP contribution in [0.5, 0.6) is 0 Å². The minimum absolute atomic E-state index is 0.126. The highest BCUT2D eigenvalue weighted by atomic mass is 16.5. The highest BCUT2D eigenvalue weighted by molar-refractivity contribution is 5.23. The van der Waals surface area contributed by atoms with Crippen LogP contribution in [0.4, 0.5) is 0 Å². The lowest BCUT2D eigenvalue weighted by atomic mass is 10.1. The molecule has 16 heavy (non-hydrogen) atoms. The van der Waals surface area contributed by atoms with E-state index in [0.29, 0.717) is 11.3 Å². The first-order valence-corrected chi connectivity index (χ1v) is 4.89. The Morgan fingerprint density at radius 2 is 2.12 bits per heavy atom. The number of aliphatic hydroxyl groups excluding tert-OH is 1. The number of nitrogens with one attached hydrogen (secondary N) is 2. The Hall–Kier alpha value is -1.66. The van der Waals surface area contributed by atoms with Crippen LogP contribution in [-0.4, -0.2) is 27.8 Å². The first-order chi connectivity index (χ1) is 7.61. The normalized spacial score (nSPS) is 23.9. The summed E-state index contributed by atoms with van der Waals surface area (Å²) in [6, 6.07) is 0. The van der Waals surface area contributed by atoms with Gasteiger partial charge in [-0.1, -0.05) is 12.2 Å². The van der Waals surface area contributed by atoms with Crippen molar-refractivity contribution in [2.75, 3.05) is 6.61 Å². The number of aliphatic hydroxyl groups is 1. The van der Waals surface area contributed by atoms with Crippen LogP contribution < -0.4 is 11.2 Å². The van der Waals surface area contributed by atoms with Crippen LogP contribution in [0, 0.1) is 6.92 Å². The van der Waals surface area contributed by atoms with E-state index in [9.17, 15) is 9.59 Å². The van der Waals surface area contributed by atoms with Crippen LogP contribution in [0.1, 0.15) is 17.4 Å². The third-order valence-corrected chi connectivity index (χ3v) is 2.51. The second-order valence-electron chi connectivity index (χ2n) is 3.61. The molecule has 86 valence electrons. The maximum absolute atomic E-state index is 11.4. The lowest BCUT2D eigenvalue weighted by molar-refractivity contribution is 0.0229. The Bertz CT molecular complexity index is 528. The summed E-state index contributed by atoms with van der Waals surface area (Å²) in [6.45, 7) is 1.48. The van der Waals surface area contributed by atoms with Gasteiger partial charge >= 0.3 is 5.69 Å². The number of aromatic amines is 2. The monoisotopic (exact) mass is 224 g/mol. The molecule has 2 atom stereocenters. The average Bonchev–Trinajstić information content (AvgIpc) is 2.71. The fourth-order valence-corrected chi connectivity index (χ4v) is 1.62. The molecule has 0 aliphatic carbocycles. The smallest absolute Gasteiger partial charge is 0.326 e. The van der Waals surface area contributed by atoms with Crippen molar-refractivity contribution in [1.29, 1.82) is 0 Å². The van der Waals surface area contributed by atoms with E-state index >= 15 is 0 Å². The molecular weight excluding hydrogens is 212 g/mol. The van der Waals surface area contributed by atoms with Gasteiger partial charge in [0.1, 0.15) is 12.2 Å². The Kier molecular flexibility index (Phi) is 2.76. The number of aromatic nitrogens is 2. The highest BCUT2D eigenvalue weighted by Gasteiger charge is 2.23. The maximum atomic E-state index is 11.4. The zero-order valence-electron chi connectivity index (χ0n) is 8.69. The van der Waals surface area contributed by atoms with E-state index in [1.54, 1.807) is 19.1 Å². The molecule has 0 amide bonds. The maximum Gasteiger partial charge on any atom is 0.326 e. The molecule has 1 aliphatic heterocycles. The molecule has 0 bridgehead atoms. The topological polar surface area (TPSA) is 95.2 Å². The van der Waals surface area contributed by atoms with Gasteiger partial charge in [-0.25, -0.2) is 4.79 Å². The quantitative estimate of drug-likeness (QED) is 0.582. The molecule has 2 rings (SSSR count). The number of hydrogen-bond donors (Lipinski definition) is 3. The average molecular weight is 224 g/mol. The minimum atomic E-state index is -0.560. The lowest BCUT2D eigenvalue weighted by Gasteiger charge is -2.13. The molecule has 0 spiro atoms. The van der Waals surface area contributed by atoms with E-state index in [1.807, 2.05) is 0 Å². The molecule has 0 unspecified atom stereocenters. The van der Waals surface area contributed by atoms with Crippen molar-refractivity contribution in [3.63, 3.8) is 0 Å². The van der Waals surface area contributed by atoms with Gasteiger partial charge in [-0.15, -0.1) is 0 Å². The molecule has 0 radical (unpaired) electrons. The summed E-state index contributed by atoms with van der Waals surface area (Å²) in [6.07, 6.45) is 2.54. The Labute approximate surface area is 90.6 Å². The SMILES string of the molecule is Cc1c([C@H]2C=C[C@@H](CO)O2)[nH]c(=O)[nH]c1=O. The van der Waals surface area contributed by atoms with Crippen molar-refractivity contribution in [3.8, 4) is 0 Å². The van der Waals surface area contributed by atoms with Gasteiger partial charge < -0.3 is 14.8 Å². The summed E-state index contributed by atoms with van der Waals surface area (Å²) < 4.78 is 5.40. The van der Waals surface area contributed by atoms with Crippen LogP contribution in [0.15, 0.2) is 21.7 Å². The molecule has 6 heteroatoms. The molecule has 1 aliphatic rings. The molecule has 0 saturated carbocycles. The fraction of sp³-hybridized carbons (Fsp3) is 0.400. The van der Waals surface area contributed by atoms with Crippen molar-refractivity contribution >= 4 is 0 Å². The number of H-pyrrole nitrogens is 2. The van der Waals surface area contributed by atoms with E-state index in [2.05, 4.69) is 9.97 Å². The number of rotatable bonds is 2. The summed E-state index contributed by atoms with van der Waals surface area (Å²) in [7, 11) is 0. The van der Waals surface area contributed by atoms with Crippen LogP contribution in [-0.2, 0) is 4.74 Å². The van der Waals surface area contributed by atoms with Crippen LogP contribution in [0.3, 0.4) is 0 Å². The van der Waals surface area contributed by atoms with Crippen LogP contribution in [0.2, 0.25) is 0 Å². The first-order valence-electron chi connectivity index (χ1n) is 4.89. The van der Waals surface area contributed by atoms with Gasteiger partial charge in [0.15, 0.2) is 0 Å². The number of hydrogen-bond acceptors (Lipinski definition) is 4. The van der Waals surface area contributed by atoms with E-state index in [1.165, 1.54) is 0 Å². The molecular formula is C10H12N2O4. The van der Waals surface area contributed by atoms with Gasteiger partial charge in [0.05, 0.1) is 12.3 Å². The molecule has 2 heterocycles. The van der Waals surface area contributed by atoms with Crippen molar-refractivity contribution in [2.24, 2.45) is 0 Å². The van der Waals surface area contributed by atoms with Gasteiger partial charge in [-0.2, -0.15) is 0 Å². The molecule has 3 N–H and O–H groups in total. The Morgan fingerprint density at radius 1 is 1.38 bits per heavy atom. The predicted octanol–water partition coefficient (Wildman–Crippen LogP) is -0.640. The van der Waals surface area contributed by atoms with Crippen molar-refractivity contribution in [1.82, 2.24) is 9.97 Å². The van der Waals surface area contributed by atoms with E-state index in [-0.39, 0.29) is 12.7 Å². The van der Waals surface area contributed by atoms with Crippen molar-refractivity contribution < 1.29 is 9.84 Å². The molecule has 0 saturated heterocycles. The summed E-state index contributed by atoms with van der Waals surface area (Å²) >= 11 is 0. The van der Waals surface area contributed by atoms with Gasteiger partial charge in [0, 0.05) is 5.56 Å². The fourth-order valence-electron chi connectivity index (χ4n) is 1.62. The van der Waals surface area contributed by atoms with E-state index in [4.69, 9.17) is 9.84 Å². The van der Waals surface area contributed by atoms with Crippen molar-refractivity contribution in [3.05, 3.63) is 44.2 Å². The zero-order chi connectivity index (χ0) is 11.7. The van der Waals surface area contributed by atoms with Crippen molar-refractivity contribution in [2.45, 2.75) is 19.1 Å². The van der Waals surface area contributed by atoms with E-state index in [0.717, 1.165) is 0 Å². The third-order valence-electron chi connectivity index (χ3n) is 2.51. The molecule has 6 nitrogen and oxygen atoms in total. The summed E-state index contributed by atoms with van der Waals surface area (Å²) in [5.74, 6) is 0. The van der Waals surface area contributed by atoms with Crippen LogP contribution in [0.25, 0.3) is 0 Å². The molecule has 1 aromatic rings. The summed E-state index contributed by atoms with van der Waals surface area (Å²) in [5.41, 5.74) is -0.146. The Balaban J connectivity index is 2.39. The zero-order valence-corrected chi connectivity index (χ0v) is 8.69. The van der Waals surface area contributed by atoms with Gasteiger partial charge in [-0.05, 0) is 6.92 Å². The summed E-state index contributed by atoms with van der Waals surface area (Å²) in [5, 5.41) is 8.89. The van der Waals surface area contributed by atoms with Gasteiger partial charge in [0.2, 0.25) is 0 Å². The lowest BCUT2D eigenvalue weighted by Crippen LogP contribution is -2.28. The second-order valence-corrected chi connectivity index (χ2v) is 3.61. The minimum Gasteiger partial charge on any atom is -0.393 e. The molecule has 0 aromatic carbocycles. The largest absolute Gasteiger partial charge is 0.393 e. The third kappa shape index (κ3) is 1.84. The van der Waals surface area contributed by atoms with Gasteiger partial charge in [0.25, 0.3) is 5.56 Å². The predicted molar refractivity (Wildman–Crippen MR) is 56.3 cm³/mol. The second kappa shape index (κ2) is 4.07. The standard InChI is InChI=1S/C10H12N2O4/c1-5-8(11-10(15)12-9(5)14)7-3-2-6(4-13)16-7/h2-3,6-7,13H,4H2,1H3,(H2,11,12,14,15)/t6-,7+/m0/s1. The molecule has 0 fully saturated rings. The number of ether oxygens (including phenoxy) is 1. The molecule has 1 aromatic heterocycles. The Morgan fingerprint density at radius 3 is 2.75 bits per heavy atom. The van der Waals surface area contributed by atoms with E-state index < -0.39 is 17.4 Å². The first kappa shape index (κ1) is 10.8. The summed E-state index contributed by atoms with van der Waals surface area (Å²) in [4.78, 5) is 27.2. The van der Waals surface area contributed by atoms with Gasteiger partial charge in [-0.3, -0.25) is 9.78 Å².